The molecule has 0 aromatic carbocycles. The number of nitrogens with one attached hydrogen (secondary N) is 1. The highest BCUT2D eigenvalue weighted by Gasteiger charge is 2.13. The van der Waals surface area contributed by atoms with Crippen LogP contribution in [0.1, 0.15) is 12.6 Å². The number of carboxylic acids is 1. The number of carboxylic acid groups (broad SMARTS) is 1. The number of hydrogen-bond donors (Lipinski definition) is 2. The topological polar surface area (TPSA) is 62.2 Å². The maximum atomic E-state index is 10.5. The molecule has 1 aromatic rings. The Morgan fingerprint density at radius 2 is 2.54 bits per heavy atom. The van der Waals surface area contributed by atoms with Gasteiger partial charge in [-0.1, -0.05) is 6.92 Å². The average molecular weight is 200 g/mol. The molecular weight excluding hydrogens is 188 g/mol. The molecule has 5 heteroatoms. The molecule has 72 valence electrons. The molecule has 0 amide bonds. The van der Waals surface area contributed by atoms with Crippen LogP contribution in [0.4, 0.5) is 5.13 Å². The standard InChI is InChI=1S/C8H12N2O2S/c1-5(7(11)12)3-6-4-13-8(9-2)10-6/h4-5H,3H2,1-2H3,(H,9,10)(H,11,12). The van der Waals surface area contributed by atoms with Crippen molar-refractivity contribution in [3.63, 3.8) is 0 Å². The van der Waals surface area contributed by atoms with Crippen LogP contribution in [-0.4, -0.2) is 23.1 Å². The molecule has 1 atom stereocenters. The van der Waals surface area contributed by atoms with Crippen molar-refractivity contribution in [3.05, 3.63) is 11.1 Å². The predicted molar refractivity (Wildman–Crippen MR) is 52.2 cm³/mol. The van der Waals surface area contributed by atoms with E-state index in [4.69, 9.17) is 5.11 Å². The van der Waals surface area contributed by atoms with Gasteiger partial charge in [0, 0.05) is 18.8 Å². The van der Waals surface area contributed by atoms with E-state index in [1.54, 1.807) is 14.0 Å². The van der Waals surface area contributed by atoms with E-state index < -0.39 is 5.97 Å². The maximum absolute atomic E-state index is 10.5. The lowest BCUT2D eigenvalue weighted by atomic mass is 10.1. The molecule has 0 radical (unpaired) electrons. The largest absolute Gasteiger partial charge is 0.481 e. The van der Waals surface area contributed by atoms with Crippen molar-refractivity contribution >= 4 is 22.4 Å². The molecule has 2 N–H and O–H groups in total. The van der Waals surface area contributed by atoms with Crippen LogP contribution in [0.2, 0.25) is 0 Å². The van der Waals surface area contributed by atoms with Gasteiger partial charge in [-0.3, -0.25) is 4.79 Å². The Kier molecular flexibility index (Phi) is 3.25. The number of carbonyl (C=O) groups is 1. The Morgan fingerprint density at radius 1 is 1.85 bits per heavy atom. The van der Waals surface area contributed by atoms with Crippen LogP contribution in [0.25, 0.3) is 0 Å². The highest BCUT2D eigenvalue weighted by Crippen LogP contribution is 2.17. The number of thiazole rings is 1. The van der Waals surface area contributed by atoms with Gasteiger partial charge in [0.05, 0.1) is 11.6 Å². The Bertz CT molecular complexity index is 298. The molecule has 1 aromatic heterocycles. The van der Waals surface area contributed by atoms with E-state index in [-0.39, 0.29) is 5.92 Å². The molecule has 0 aliphatic rings. The minimum Gasteiger partial charge on any atom is -0.481 e. The van der Waals surface area contributed by atoms with Gasteiger partial charge in [0.1, 0.15) is 0 Å². The van der Waals surface area contributed by atoms with E-state index in [0.29, 0.717) is 6.42 Å². The number of anilines is 1. The van der Waals surface area contributed by atoms with Gasteiger partial charge in [0.25, 0.3) is 0 Å². The summed E-state index contributed by atoms with van der Waals surface area (Å²) < 4.78 is 0. The normalized spacial score (nSPS) is 12.5. The maximum Gasteiger partial charge on any atom is 0.306 e. The third-order valence-corrected chi connectivity index (χ3v) is 2.61. The summed E-state index contributed by atoms with van der Waals surface area (Å²) in [7, 11) is 1.79. The summed E-state index contributed by atoms with van der Waals surface area (Å²) in [6.07, 6.45) is 0.494. The van der Waals surface area contributed by atoms with Crippen LogP contribution in [0.5, 0.6) is 0 Å². The number of nitrogens with zero attached hydrogens (tertiary/aromatic N) is 1. The van der Waals surface area contributed by atoms with Crippen molar-refractivity contribution in [2.45, 2.75) is 13.3 Å². The fraction of sp³-hybridized carbons (Fsp3) is 0.500. The van der Waals surface area contributed by atoms with Crippen molar-refractivity contribution in [2.75, 3.05) is 12.4 Å². The van der Waals surface area contributed by atoms with Gasteiger partial charge < -0.3 is 10.4 Å². The van der Waals surface area contributed by atoms with Crippen molar-refractivity contribution in [2.24, 2.45) is 5.92 Å². The third-order valence-electron chi connectivity index (χ3n) is 1.70. The zero-order valence-electron chi connectivity index (χ0n) is 7.57. The second-order valence-corrected chi connectivity index (χ2v) is 3.70. The zero-order valence-corrected chi connectivity index (χ0v) is 8.39. The van der Waals surface area contributed by atoms with E-state index in [9.17, 15) is 4.79 Å². The molecular formula is C8H12N2O2S. The summed E-state index contributed by atoms with van der Waals surface area (Å²) >= 11 is 1.49. The molecule has 0 bridgehead atoms. The highest BCUT2D eigenvalue weighted by atomic mass is 32.1. The Morgan fingerprint density at radius 3 is 3.00 bits per heavy atom. The molecule has 1 unspecified atom stereocenters. The van der Waals surface area contributed by atoms with Gasteiger partial charge in [-0.2, -0.15) is 0 Å². The first kappa shape index (κ1) is 9.98. The lowest BCUT2D eigenvalue weighted by molar-refractivity contribution is -0.141. The third kappa shape index (κ3) is 2.69. The second kappa shape index (κ2) is 4.23. The zero-order chi connectivity index (χ0) is 9.84. The van der Waals surface area contributed by atoms with E-state index in [2.05, 4.69) is 10.3 Å². The fourth-order valence-corrected chi connectivity index (χ4v) is 1.60. The number of aromatic nitrogens is 1. The number of aliphatic carboxylic acids is 1. The molecule has 0 spiro atoms. The van der Waals surface area contributed by atoms with Gasteiger partial charge in [0.15, 0.2) is 5.13 Å². The summed E-state index contributed by atoms with van der Waals surface area (Å²) in [5.74, 6) is -1.15. The molecule has 4 nitrogen and oxygen atoms in total. The van der Waals surface area contributed by atoms with Crippen LogP contribution in [-0.2, 0) is 11.2 Å². The van der Waals surface area contributed by atoms with E-state index >= 15 is 0 Å². The summed E-state index contributed by atoms with van der Waals surface area (Å²) in [5.41, 5.74) is 0.837. The Labute approximate surface area is 80.6 Å². The molecule has 0 saturated heterocycles. The molecule has 1 rings (SSSR count). The molecule has 0 aliphatic carbocycles. The van der Waals surface area contributed by atoms with Crippen LogP contribution in [0.15, 0.2) is 5.38 Å². The highest BCUT2D eigenvalue weighted by molar-refractivity contribution is 7.13. The lowest BCUT2D eigenvalue weighted by Crippen LogP contribution is -2.12. The number of rotatable bonds is 4. The average Bonchev–Trinajstić information content (AvgIpc) is 2.52. The van der Waals surface area contributed by atoms with Crippen LogP contribution < -0.4 is 5.32 Å². The van der Waals surface area contributed by atoms with E-state index in [1.807, 2.05) is 5.38 Å². The molecule has 13 heavy (non-hydrogen) atoms. The van der Waals surface area contributed by atoms with Crippen molar-refractivity contribution in [1.29, 1.82) is 0 Å². The summed E-state index contributed by atoms with van der Waals surface area (Å²) in [5, 5.41) is 14.3. The quantitative estimate of drug-likeness (QED) is 0.772. The summed E-state index contributed by atoms with van der Waals surface area (Å²) in [6, 6.07) is 0. The van der Waals surface area contributed by atoms with Crippen LogP contribution >= 0.6 is 11.3 Å². The second-order valence-electron chi connectivity index (χ2n) is 2.84. The first-order valence-electron chi connectivity index (χ1n) is 3.98. The summed E-state index contributed by atoms with van der Waals surface area (Å²) in [6.45, 7) is 1.68. The SMILES string of the molecule is CNc1nc(CC(C)C(=O)O)cs1. The molecule has 0 aliphatic heterocycles. The monoisotopic (exact) mass is 200 g/mol. The van der Waals surface area contributed by atoms with Crippen molar-refractivity contribution in [1.82, 2.24) is 4.98 Å². The lowest BCUT2D eigenvalue weighted by Gasteiger charge is -2.01. The van der Waals surface area contributed by atoms with Crippen molar-refractivity contribution in [3.8, 4) is 0 Å². The first-order valence-corrected chi connectivity index (χ1v) is 4.86. The van der Waals surface area contributed by atoms with Gasteiger partial charge in [-0.05, 0) is 0 Å². The predicted octanol–water partition coefficient (Wildman–Crippen LogP) is 1.45. The molecule has 1 heterocycles. The number of hydrogen-bond acceptors (Lipinski definition) is 4. The summed E-state index contributed by atoms with van der Waals surface area (Å²) in [4.78, 5) is 14.7. The van der Waals surface area contributed by atoms with Crippen molar-refractivity contribution < 1.29 is 9.90 Å². The Balaban J connectivity index is 2.58. The Hall–Kier alpha value is -1.10. The van der Waals surface area contributed by atoms with Gasteiger partial charge in [-0.25, -0.2) is 4.98 Å². The molecule has 0 fully saturated rings. The molecule has 0 saturated carbocycles. The van der Waals surface area contributed by atoms with Gasteiger partial charge >= 0.3 is 5.97 Å². The minimum atomic E-state index is -0.779. The van der Waals surface area contributed by atoms with Gasteiger partial charge in [-0.15, -0.1) is 11.3 Å². The first-order chi connectivity index (χ1) is 6.13. The minimum absolute atomic E-state index is 0.369. The van der Waals surface area contributed by atoms with Gasteiger partial charge in [0.2, 0.25) is 0 Å². The van der Waals surface area contributed by atoms with Crippen LogP contribution in [0.3, 0.4) is 0 Å². The smallest absolute Gasteiger partial charge is 0.306 e. The van der Waals surface area contributed by atoms with E-state index in [1.165, 1.54) is 11.3 Å². The van der Waals surface area contributed by atoms with E-state index in [0.717, 1.165) is 10.8 Å². The van der Waals surface area contributed by atoms with Crippen LogP contribution in [0, 0.1) is 5.92 Å². The fourth-order valence-electron chi connectivity index (χ4n) is 0.917.